The highest BCUT2D eigenvalue weighted by Gasteiger charge is 2.19. The third kappa shape index (κ3) is 4.57. The van der Waals surface area contributed by atoms with Gasteiger partial charge < -0.3 is 15.2 Å². The normalized spacial score (nSPS) is 11.7. The number of hydrogen-bond acceptors (Lipinski definition) is 4. The van der Waals surface area contributed by atoms with Gasteiger partial charge in [-0.1, -0.05) is 44.2 Å². The quantitative estimate of drug-likeness (QED) is 0.306. The van der Waals surface area contributed by atoms with E-state index in [2.05, 4.69) is 40.4 Å². The molecule has 0 aliphatic heterocycles. The highest BCUT2D eigenvalue weighted by molar-refractivity contribution is 9.10. The number of halogens is 1. The molecule has 30 heavy (non-hydrogen) atoms. The second-order valence-electron chi connectivity index (χ2n) is 6.99. The molecular formula is C23H23BrN2O3S. The van der Waals surface area contributed by atoms with Gasteiger partial charge >= 0.3 is 0 Å². The van der Waals surface area contributed by atoms with E-state index in [0.29, 0.717) is 27.4 Å². The Morgan fingerprint density at radius 1 is 1.23 bits per heavy atom. The molecule has 0 aromatic heterocycles. The Bertz CT molecular complexity index is 1120. The van der Waals surface area contributed by atoms with Crippen molar-refractivity contribution in [3.05, 3.63) is 64.1 Å². The maximum absolute atomic E-state index is 12.9. The van der Waals surface area contributed by atoms with E-state index in [-0.39, 0.29) is 10.9 Å². The van der Waals surface area contributed by atoms with Crippen molar-refractivity contribution in [2.75, 3.05) is 12.4 Å². The van der Waals surface area contributed by atoms with Crippen LogP contribution in [-0.4, -0.2) is 23.2 Å². The smallest absolute Gasteiger partial charge is 0.261 e. The van der Waals surface area contributed by atoms with E-state index >= 15 is 0 Å². The van der Waals surface area contributed by atoms with Crippen molar-refractivity contribution in [3.8, 4) is 11.5 Å². The van der Waals surface area contributed by atoms with Gasteiger partial charge in [-0.2, -0.15) is 0 Å². The van der Waals surface area contributed by atoms with Gasteiger partial charge in [0.2, 0.25) is 0 Å². The van der Waals surface area contributed by atoms with E-state index in [0.717, 1.165) is 22.8 Å². The summed E-state index contributed by atoms with van der Waals surface area (Å²) in [6.07, 6.45) is 0.974. The fraction of sp³-hybridized carbons (Fsp3) is 0.217. The average molecular weight is 487 g/mol. The van der Waals surface area contributed by atoms with Crippen molar-refractivity contribution < 1.29 is 14.6 Å². The number of phenols is 1. The summed E-state index contributed by atoms with van der Waals surface area (Å²) >= 11 is 8.84. The van der Waals surface area contributed by atoms with Gasteiger partial charge in [-0.05, 0) is 75.0 Å². The maximum Gasteiger partial charge on any atom is 0.261 e. The van der Waals surface area contributed by atoms with Crippen LogP contribution in [0.15, 0.2) is 53.0 Å². The minimum Gasteiger partial charge on any atom is -0.506 e. The van der Waals surface area contributed by atoms with Crippen molar-refractivity contribution in [1.82, 2.24) is 5.32 Å². The number of thiocarbonyl (C=S) groups is 1. The molecule has 0 bridgehead atoms. The largest absolute Gasteiger partial charge is 0.506 e. The van der Waals surface area contributed by atoms with E-state index in [1.54, 1.807) is 12.1 Å². The van der Waals surface area contributed by atoms with Gasteiger partial charge in [-0.3, -0.25) is 10.1 Å². The van der Waals surface area contributed by atoms with Crippen LogP contribution in [0, 0.1) is 0 Å². The Morgan fingerprint density at radius 2 is 1.97 bits per heavy atom. The predicted octanol–water partition coefficient (Wildman–Crippen LogP) is 5.96. The van der Waals surface area contributed by atoms with Gasteiger partial charge in [-0.25, -0.2) is 0 Å². The third-order valence-electron chi connectivity index (χ3n) is 5.07. The first-order valence-corrected chi connectivity index (χ1v) is 10.8. The van der Waals surface area contributed by atoms with Crippen LogP contribution >= 0.6 is 28.1 Å². The number of carbonyl (C=O) groups is 1. The number of anilines is 1. The van der Waals surface area contributed by atoms with Crippen LogP contribution in [0.3, 0.4) is 0 Å². The standard InChI is InChI=1S/C23H23BrN2O3S/c1-4-13(2)14-9-10-19(27)18(12-14)25-23(30)26-22(28)17-11-15-7-5-6-8-16(15)20(24)21(17)29-3/h5-13,27H,4H2,1-3H3,(H2,25,26,28,30)/t13-/m0/s1. The minimum absolute atomic E-state index is 0.0599. The van der Waals surface area contributed by atoms with Crippen LogP contribution in [0.5, 0.6) is 11.5 Å². The fourth-order valence-electron chi connectivity index (χ4n) is 3.17. The molecule has 1 amide bonds. The predicted molar refractivity (Wildman–Crippen MR) is 129 cm³/mol. The zero-order chi connectivity index (χ0) is 21.8. The van der Waals surface area contributed by atoms with Crippen LogP contribution < -0.4 is 15.4 Å². The molecule has 0 radical (unpaired) electrons. The number of amides is 1. The molecule has 5 nitrogen and oxygen atoms in total. The highest BCUT2D eigenvalue weighted by atomic mass is 79.9. The lowest BCUT2D eigenvalue weighted by Gasteiger charge is -2.16. The van der Waals surface area contributed by atoms with Gasteiger partial charge in [0.1, 0.15) is 11.5 Å². The van der Waals surface area contributed by atoms with Gasteiger partial charge in [-0.15, -0.1) is 0 Å². The van der Waals surface area contributed by atoms with E-state index in [9.17, 15) is 9.90 Å². The summed E-state index contributed by atoms with van der Waals surface area (Å²) in [6.45, 7) is 4.21. The first kappa shape index (κ1) is 22.1. The molecule has 1 atom stereocenters. The molecule has 3 N–H and O–H groups in total. The number of phenolic OH excluding ortho intramolecular Hbond substituents is 1. The number of ether oxygens (including phenoxy) is 1. The monoisotopic (exact) mass is 486 g/mol. The Labute approximate surface area is 189 Å². The molecule has 0 spiro atoms. The Balaban J connectivity index is 1.84. The van der Waals surface area contributed by atoms with Gasteiger partial charge in [0.25, 0.3) is 5.91 Å². The van der Waals surface area contributed by atoms with E-state index in [4.69, 9.17) is 17.0 Å². The first-order valence-electron chi connectivity index (χ1n) is 9.56. The number of carbonyl (C=O) groups excluding carboxylic acids is 1. The Morgan fingerprint density at radius 3 is 2.67 bits per heavy atom. The van der Waals surface area contributed by atoms with Gasteiger partial charge in [0.15, 0.2) is 5.11 Å². The zero-order valence-corrected chi connectivity index (χ0v) is 19.4. The number of aromatic hydroxyl groups is 1. The second-order valence-corrected chi connectivity index (χ2v) is 8.19. The Kier molecular flexibility index (Phi) is 6.95. The summed E-state index contributed by atoms with van der Waals surface area (Å²) in [6, 6.07) is 14.8. The van der Waals surface area contributed by atoms with Crippen molar-refractivity contribution in [2.45, 2.75) is 26.2 Å². The number of methoxy groups -OCH3 is 1. The fourth-order valence-corrected chi connectivity index (χ4v) is 4.11. The van der Waals surface area contributed by atoms with Crippen molar-refractivity contribution in [3.63, 3.8) is 0 Å². The van der Waals surface area contributed by atoms with Crippen LogP contribution in [-0.2, 0) is 0 Å². The molecular weight excluding hydrogens is 464 g/mol. The van der Waals surface area contributed by atoms with Gasteiger partial charge in [0, 0.05) is 0 Å². The number of nitrogens with one attached hydrogen (secondary N) is 2. The van der Waals surface area contributed by atoms with Crippen LogP contribution in [0.1, 0.15) is 42.1 Å². The average Bonchev–Trinajstić information content (AvgIpc) is 2.74. The number of rotatable bonds is 5. The van der Waals surface area contributed by atoms with E-state index in [1.165, 1.54) is 7.11 Å². The lowest BCUT2D eigenvalue weighted by molar-refractivity contribution is 0.0975. The SMILES string of the molecule is CC[C@H](C)c1ccc(O)c(NC(=S)NC(=O)c2cc3ccccc3c(Br)c2OC)c1. The summed E-state index contributed by atoms with van der Waals surface area (Å²) < 4.78 is 6.17. The van der Waals surface area contributed by atoms with Crippen molar-refractivity contribution in [1.29, 1.82) is 0 Å². The Hall–Kier alpha value is -2.64. The molecule has 0 saturated heterocycles. The van der Waals surface area contributed by atoms with Crippen molar-refractivity contribution in [2.24, 2.45) is 0 Å². The number of benzene rings is 3. The summed E-state index contributed by atoms with van der Waals surface area (Å²) in [7, 11) is 1.51. The van der Waals surface area contributed by atoms with Crippen LogP contribution in [0.4, 0.5) is 5.69 Å². The molecule has 7 heteroatoms. The lowest BCUT2D eigenvalue weighted by Crippen LogP contribution is -2.34. The molecule has 0 heterocycles. The molecule has 3 aromatic carbocycles. The molecule has 0 aliphatic carbocycles. The topological polar surface area (TPSA) is 70.6 Å². The minimum atomic E-state index is -0.409. The van der Waals surface area contributed by atoms with Crippen LogP contribution in [0.25, 0.3) is 10.8 Å². The first-order chi connectivity index (χ1) is 14.3. The lowest BCUT2D eigenvalue weighted by atomic mass is 9.98. The van der Waals surface area contributed by atoms with Crippen LogP contribution in [0.2, 0.25) is 0 Å². The third-order valence-corrected chi connectivity index (χ3v) is 6.06. The van der Waals surface area contributed by atoms with Crippen molar-refractivity contribution >= 4 is 55.6 Å². The van der Waals surface area contributed by atoms with E-state index < -0.39 is 5.91 Å². The number of hydrogen-bond donors (Lipinski definition) is 3. The van der Waals surface area contributed by atoms with Gasteiger partial charge in [0.05, 0.1) is 22.8 Å². The second kappa shape index (κ2) is 9.45. The summed E-state index contributed by atoms with van der Waals surface area (Å²) in [5.74, 6) is 0.419. The summed E-state index contributed by atoms with van der Waals surface area (Å²) in [5, 5.41) is 17.7. The van der Waals surface area contributed by atoms with E-state index in [1.807, 2.05) is 36.4 Å². The molecule has 0 aliphatic rings. The number of fused-ring (bicyclic) bond motifs is 1. The molecule has 3 rings (SSSR count). The molecule has 156 valence electrons. The molecule has 3 aromatic rings. The molecule has 0 unspecified atom stereocenters. The molecule has 0 saturated carbocycles. The summed E-state index contributed by atoms with van der Waals surface area (Å²) in [5.41, 5.74) is 1.88. The highest BCUT2D eigenvalue weighted by Crippen LogP contribution is 2.36. The summed E-state index contributed by atoms with van der Waals surface area (Å²) in [4.78, 5) is 12.9. The molecule has 0 fully saturated rings. The maximum atomic E-state index is 12.9. The zero-order valence-electron chi connectivity index (χ0n) is 17.0.